The van der Waals surface area contributed by atoms with Crippen molar-refractivity contribution in [3.8, 4) is 11.5 Å². The molecule has 1 heterocycles. The van der Waals surface area contributed by atoms with Crippen molar-refractivity contribution in [2.75, 3.05) is 13.7 Å². The maximum atomic E-state index is 11.1. The minimum absolute atomic E-state index is 0.0930. The number of carbonyl (C=O) groups is 1. The van der Waals surface area contributed by atoms with Gasteiger partial charge in [-0.3, -0.25) is 0 Å². The number of ether oxygens (including phenoxy) is 3. The molecule has 16 heavy (non-hydrogen) atoms. The maximum Gasteiger partial charge on any atom is 0.161 e. The van der Waals surface area contributed by atoms with Gasteiger partial charge in [-0.1, -0.05) is 12.1 Å². The summed E-state index contributed by atoms with van der Waals surface area (Å²) in [5, 5.41) is 0. The van der Waals surface area contributed by atoms with Crippen LogP contribution in [0.5, 0.6) is 11.5 Å². The summed E-state index contributed by atoms with van der Waals surface area (Å²) in [6, 6.07) is 7.18. The fraction of sp³-hybridized carbons (Fsp3) is 0.273. The van der Waals surface area contributed by atoms with E-state index in [1.165, 1.54) is 0 Å². The normalized spacial score (nSPS) is 18.3. The van der Waals surface area contributed by atoms with Crippen LogP contribution in [0.2, 0.25) is 0 Å². The number of rotatable bonds is 4. The lowest BCUT2D eigenvalue weighted by molar-refractivity contribution is -0.123. The third-order valence-electron chi connectivity index (χ3n) is 2.09. The topological polar surface area (TPSA) is 57.1 Å². The summed E-state index contributed by atoms with van der Waals surface area (Å²) in [4.78, 5) is 14.4. The average Bonchev–Trinajstić information content (AvgIpc) is 2.72. The van der Waals surface area contributed by atoms with Crippen LogP contribution in [0, 0.1) is 0 Å². The Bertz CT molecular complexity index is 416. The summed E-state index contributed by atoms with van der Waals surface area (Å²) in [7, 11) is 1.55. The summed E-state index contributed by atoms with van der Waals surface area (Å²) in [5.74, 6) is 0.793. The molecule has 1 atom stereocenters. The zero-order valence-corrected chi connectivity index (χ0v) is 8.67. The van der Waals surface area contributed by atoms with E-state index in [4.69, 9.17) is 14.2 Å². The van der Waals surface area contributed by atoms with Gasteiger partial charge in [-0.25, -0.2) is 0 Å². The molecule has 0 fully saturated rings. The van der Waals surface area contributed by atoms with Crippen molar-refractivity contribution >= 4 is 12.3 Å². The van der Waals surface area contributed by atoms with Gasteiger partial charge in [0.25, 0.3) is 0 Å². The van der Waals surface area contributed by atoms with Crippen molar-refractivity contribution in [2.24, 2.45) is 4.99 Å². The molecule has 0 aliphatic carbocycles. The molecule has 1 aromatic carbocycles. The molecule has 0 N–H and O–H groups in total. The van der Waals surface area contributed by atoms with E-state index in [-0.39, 0.29) is 12.5 Å². The molecule has 0 saturated heterocycles. The summed E-state index contributed by atoms with van der Waals surface area (Å²) >= 11 is 0. The fourth-order valence-corrected chi connectivity index (χ4v) is 1.27. The molecule has 84 valence electrons. The first-order valence-electron chi connectivity index (χ1n) is 4.72. The van der Waals surface area contributed by atoms with Crippen molar-refractivity contribution in [3.63, 3.8) is 0 Å². The van der Waals surface area contributed by atoms with Crippen molar-refractivity contribution in [2.45, 2.75) is 6.10 Å². The molecule has 0 spiro atoms. The standard InChI is InChI=1S/C11H10NO4/c1-14-8-4-2-3-5-9(8)15-6-10-11(13)12-7-16-10/h2-5,10H,6H2,1H3/q-1. The Morgan fingerprint density at radius 2 is 2.19 bits per heavy atom. The summed E-state index contributed by atoms with van der Waals surface area (Å²) in [6.45, 7) is 0.0930. The molecule has 0 radical (unpaired) electrons. The number of benzene rings is 1. The fourth-order valence-electron chi connectivity index (χ4n) is 1.27. The third-order valence-corrected chi connectivity index (χ3v) is 2.09. The van der Waals surface area contributed by atoms with Crippen molar-refractivity contribution in [3.05, 3.63) is 24.3 Å². The van der Waals surface area contributed by atoms with Crippen LogP contribution in [0.15, 0.2) is 29.3 Å². The first-order valence-corrected chi connectivity index (χ1v) is 4.72. The smallest absolute Gasteiger partial charge is 0.161 e. The van der Waals surface area contributed by atoms with E-state index < -0.39 is 6.10 Å². The second-order valence-electron chi connectivity index (χ2n) is 3.11. The number of para-hydroxylation sites is 2. The highest BCUT2D eigenvalue weighted by Gasteiger charge is 2.14. The minimum atomic E-state index is -0.704. The number of hydrogen-bond donors (Lipinski definition) is 0. The molecule has 1 aromatic rings. The highest BCUT2D eigenvalue weighted by Crippen LogP contribution is 2.26. The Morgan fingerprint density at radius 3 is 2.81 bits per heavy atom. The number of aliphatic imine (C=N–C) groups is 1. The van der Waals surface area contributed by atoms with Gasteiger partial charge < -0.3 is 24.0 Å². The van der Waals surface area contributed by atoms with Crippen LogP contribution in [0.3, 0.4) is 0 Å². The van der Waals surface area contributed by atoms with Crippen molar-refractivity contribution in [1.82, 2.24) is 0 Å². The molecule has 0 saturated carbocycles. The quantitative estimate of drug-likeness (QED) is 0.707. The second-order valence-corrected chi connectivity index (χ2v) is 3.11. The van der Waals surface area contributed by atoms with Gasteiger partial charge >= 0.3 is 0 Å². The molecule has 1 amide bonds. The van der Waals surface area contributed by atoms with Crippen LogP contribution in [0.1, 0.15) is 0 Å². The van der Waals surface area contributed by atoms with Crippen LogP contribution >= 0.6 is 0 Å². The van der Waals surface area contributed by atoms with Crippen molar-refractivity contribution < 1.29 is 19.0 Å². The van der Waals surface area contributed by atoms with Gasteiger partial charge in [-0.05, 0) is 12.1 Å². The molecule has 1 unspecified atom stereocenters. The Labute approximate surface area is 92.6 Å². The zero-order chi connectivity index (χ0) is 11.4. The molecule has 5 heteroatoms. The van der Waals surface area contributed by atoms with Gasteiger partial charge in [0.1, 0.15) is 18.6 Å². The van der Waals surface area contributed by atoms with E-state index in [0.717, 1.165) is 0 Å². The van der Waals surface area contributed by atoms with Crippen LogP contribution in [0.4, 0.5) is 0 Å². The highest BCUT2D eigenvalue weighted by molar-refractivity contribution is 5.91. The van der Waals surface area contributed by atoms with Gasteiger partial charge in [0.15, 0.2) is 11.5 Å². The SMILES string of the molecule is COc1ccccc1OCC1O[C-]=NC1=O. The first kappa shape index (κ1) is 10.5. The lowest BCUT2D eigenvalue weighted by atomic mass is 10.3. The Kier molecular flexibility index (Phi) is 3.05. The molecule has 1 aliphatic rings. The molecular weight excluding hydrogens is 210 g/mol. The molecule has 0 aromatic heterocycles. The lowest BCUT2D eigenvalue weighted by Crippen LogP contribution is -2.24. The number of hydrogen-bond acceptors (Lipinski definition) is 4. The first-order chi connectivity index (χ1) is 7.81. The molecule has 1 aliphatic heterocycles. The van der Waals surface area contributed by atoms with Crippen LogP contribution < -0.4 is 9.47 Å². The van der Waals surface area contributed by atoms with E-state index in [2.05, 4.69) is 11.4 Å². The van der Waals surface area contributed by atoms with E-state index in [1.54, 1.807) is 19.2 Å². The van der Waals surface area contributed by atoms with E-state index in [1.807, 2.05) is 12.1 Å². The Balaban J connectivity index is 1.97. The Morgan fingerprint density at radius 1 is 1.44 bits per heavy atom. The number of amides is 1. The number of methoxy groups -OCH3 is 1. The summed E-state index contributed by atoms with van der Waals surface area (Å²) < 4.78 is 15.3. The van der Waals surface area contributed by atoms with Gasteiger partial charge in [0.05, 0.1) is 7.11 Å². The van der Waals surface area contributed by atoms with E-state index >= 15 is 0 Å². The lowest BCUT2D eigenvalue weighted by Gasteiger charge is -2.16. The van der Waals surface area contributed by atoms with Crippen LogP contribution in [0.25, 0.3) is 0 Å². The number of nitrogens with zero attached hydrogens (tertiary/aromatic N) is 1. The number of carbonyl (C=O) groups excluding carboxylic acids is 1. The largest absolute Gasteiger partial charge is 0.574 e. The third kappa shape index (κ3) is 2.13. The Hall–Kier alpha value is -2.04. The monoisotopic (exact) mass is 220 g/mol. The molecular formula is C11H10NO4-. The zero-order valence-electron chi connectivity index (χ0n) is 8.67. The van der Waals surface area contributed by atoms with Crippen LogP contribution in [-0.2, 0) is 9.53 Å². The second kappa shape index (κ2) is 4.65. The highest BCUT2D eigenvalue weighted by atomic mass is 16.6. The van der Waals surface area contributed by atoms with Crippen molar-refractivity contribution in [1.29, 1.82) is 0 Å². The van der Waals surface area contributed by atoms with Gasteiger partial charge in [0.2, 0.25) is 0 Å². The average molecular weight is 220 g/mol. The van der Waals surface area contributed by atoms with Gasteiger partial charge in [-0.15, -0.1) is 0 Å². The summed E-state index contributed by atoms with van der Waals surface area (Å²) in [6.07, 6.45) is 1.45. The predicted molar refractivity (Wildman–Crippen MR) is 55.8 cm³/mol. The molecule has 2 rings (SSSR count). The molecule has 0 bridgehead atoms. The summed E-state index contributed by atoms with van der Waals surface area (Å²) in [5.41, 5.74) is 0. The molecule has 5 nitrogen and oxygen atoms in total. The predicted octanol–water partition coefficient (Wildman–Crippen LogP) is 0.905. The van der Waals surface area contributed by atoms with E-state index in [9.17, 15) is 4.79 Å². The van der Waals surface area contributed by atoms with Gasteiger partial charge in [0, 0.05) is 6.40 Å². The van der Waals surface area contributed by atoms with Gasteiger partial charge in [-0.2, -0.15) is 0 Å². The maximum absolute atomic E-state index is 11.1. The van der Waals surface area contributed by atoms with E-state index in [0.29, 0.717) is 11.5 Å². The minimum Gasteiger partial charge on any atom is -0.574 e. The van der Waals surface area contributed by atoms with Crippen LogP contribution in [-0.4, -0.2) is 32.1 Å².